The first-order chi connectivity index (χ1) is 7.97. The molecule has 0 rings (SSSR count). The van der Waals surface area contributed by atoms with Crippen molar-refractivity contribution in [3.8, 4) is 0 Å². The number of hydrogen-bond donors (Lipinski definition) is 0. The Morgan fingerprint density at radius 2 is 2.00 bits per heavy atom. The molecular formula is C9H16ClF3O3SSi. The molecule has 0 aliphatic carbocycles. The molecule has 9 heteroatoms. The van der Waals surface area contributed by atoms with Crippen LogP contribution < -0.4 is 0 Å². The van der Waals surface area contributed by atoms with Gasteiger partial charge in [-0.15, -0.1) is 18.2 Å². The monoisotopic (exact) mass is 324 g/mol. The molecule has 3 nitrogen and oxygen atoms in total. The van der Waals surface area contributed by atoms with Crippen LogP contribution in [0.25, 0.3) is 0 Å². The second-order valence-electron chi connectivity index (χ2n) is 4.40. The lowest BCUT2D eigenvalue weighted by Crippen LogP contribution is -2.44. The highest BCUT2D eigenvalue weighted by Crippen LogP contribution is 2.31. The zero-order valence-corrected chi connectivity index (χ0v) is 12.7. The molecule has 0 fully saturated rings. The summed E-state index contributed by atoms with van der Waals surface area (Å²) in [6, 6.07) is 0.220. The fourth-order valence-corrected chi connectivity index (χ4v) is 6.95. The first-order valence-electron chi connectivity index (χ1n) is 5.16. The van der Waals surface area contributed by atoms with E-state index in [4.69, 9.17) is 11.6 Å². The predicted molar refractivity (Wildman–Crippen MR) is 67.2 cm³/mol. The summed E-state index contributed by atoms with van der Waals surface area (Å²) >= 11 is 5.59. The smallest absolute Gasteiger partial charge is 0.307 e. The van der Waals surface area contributed by atoms with E-state index in [1.807, 2.05) is 0 Å². The van der Waals surface area contributed by atoms with Crippen LogP contribution in [0.2, 0.25) is 12.6 Å². The molecule has 0 aromatic heterocycles. The van der Waals surface area contributed by atoms with Gasteiger partial charge in [-0.25, -0.2) is 0 Å². The third kappa shape index (κ3) is 5.29. The molecule has 0 aliphatic rings. The molecule has 0 saturated heterocycles. The molecule has 0 amide bonds. The van der Waals surface area contributed by atoms with E-state index in [1.165, 1.54) is 6.55 Å². The molecule has 0 aromatic rings. The van der Waals surface area contributed by atoms with E-state index in [9.17, 15) is 21.6 Å². The molecule has 2 unspecified atom stereocenters. The number of alkyl halides is 4. The van der Waals surface area contributed by atoms with Gasteiger partial charge in [-0.05, 0) is 24.9 Å². The molecular weight excluding hydrogens is 309 g/mol. The Bertz CT molecular complexity index is 385. The molecule has 108 valence electrons. The Balaban J connectivity index is 4.93. The normalized spacial score (nSPS) is 18.1. The van der Waals surface area contributed by atoms with Gasteiger partial charge in [0.05, 0.1) is 0 Å². The molecule has 0 aliphatic heterocycles. The van der Waals surface area contributed by atoms with Gasteiger partial charge in [0.2, 0.25) is 8.32 Å². The molecule has 18 heavy (non-hydrogen) atoms. The van der Waals surface area contributed by atoms with E-state index in [0.29, 0.717) is 6.42 Å². The standard InChI is InChI=1S/C9H16ClF3O3SSi/c1-4-5-8(2)6-18(3,7-10)16-17(14,15)9(11,12)13/h4,8H,1,5-7H2,2-3H3. The quantitative estimate of drug-likeness (QED) is 0.312. The lowest BCUT2D eigenvalue weighted by molar-refractivity contribution is -0.0504. The minimum Gasteiger partial charge on any atom is -0.307 e. The topological polar surface area (TPSA) is 43.4 Å². The summed E-state index contributed by atoms with van der Waals surface area (Å²) in [5.41, 5.74) is -5.63. The second kappa shape index (κ2) is 6.40. The van der Waals surface area contributed by atoms with Gasteiger partial charge < -0.3 is 3.87 Å². The van der Waals surface area contributed by atoms with Crippen molar-refractivity contribution in [1.82, 2.24) is 0 Å². The third-order valence-corrected chi connectivity index (χ3v) is 9.10. The SMILES string of the molecule is C=CCC(C)C[Si](C)(CCl)OS(=O)(=O)C(F)(F)F. The Hall–Kier alpha value is -0.0531. The zero-order chi connectivity index (χ0) is 14.6. The first kappa shape index (κ1) is 17.9. The van der Waals surface area contributed by atoms with Gasteiger partial charge in [-0.3, -0.25) is 0 Å². The highest BCUT2D eigenvalue weighted by molar-refractivity contribution is 7.88. The minimum absolute atomic E-state index is 0.0265. The second-order valence-corrected chi connectivity index (χ2v) is 10.8. The number of hydrogen-bond acceptors (Lipinski definition) is 3. The molecule has 0 radical (unpaired) electrons. The van der Waals surface area contributed by atoms with Crippen LogP contribution in [0.1, 0.15) is 13.3 Å². The maximum atomic E-state index is 12.2. The summed E-state index contributed by atoms with van der Waals surface area (Å²) in [5, 5.41) is 0. The lowest BCUT2D eigenvalue weighted by atomic mass is 10.1. The van der Waals surface area contributed by atoms with E-state index in [2.05, 4.69) is 10.5 Å². The summed E-state index contributed by atoms with van der Waals surface area (Å²) in [6.45, 7) is 6.67. The summed E-state index contributed by atoms with van der Waals surface area (Å²) in [7, 11) is -8.74. The van der Waals surface area contributed by atoms with E-state index < -0.39 is 23.9 Å². The zero-order valence-electron chi connectivity index (χ0n) is 10.1. The third-order valence-electron chi connectivity index (χ3n) is 2.23. The fraction of sp³-hybridized carbons (Fsp3) is 0.778. The van der Waals surface area contributed by atoms with E-state index >= 15 is 0 Å². The fourth-order valence-electron chi connectivity index (χ4n) is 1.53. The van der Waals surface area contributed by atoms with Gasteiger partial charge in [-0.2, -0.15) is 21.6 Å². The van der Waals surface area contributed by atoms with Crippen LogP contribution in [0.4, 0.5) is 13.2 Å². The largest absolute Gasteiger partial charge is 0.522 e. The van der Waals surface area contributed by atoms with E-state index in [1.54, 1.807) is 13.0 Å². The van der Waals surface area contributed by atoms with Gasteiger partial charge in [0.15, 0.2) is 0 Å². The highest BCUT2D eigenvalue weighted by atomic mass is 35.5. The van der Waals surface area contributed by atoms with Gasteiger partial charge in [0.1, 0.15) is 0 Å². The Kier molecular flexibility index (Phi) is 6.38. The van der Waals surface area contributed by atoms with Crippen LogP contribution in [0, 0.1) is 5.92 Å². The van der Waals surface area contributed by atoms with Gasteiger partial charge in [0.25, 0.3) is 0 Å². The van der Waals surface area contributed by atoms with Crippen LogP contribution in [-0.2, 0) is 14.0 Å². The van der Waals surface area contributed by atoms with Crippen molar-refractivity contribution < 1.29 is 25.5 Å². The van der Waals surface area contributed by atoms with E-state index in [-0.39, 0.29) is 17.5 Å². The highest BCUT2D eigenvalue weighted by Gasteiger charge is 2.51. The average Bonchev–Trinajstić information content (AvgIpc) is 2.15. The van der Waals surface area contributed by atoms with Crippen LogP contribution >= 0.6 is 11.6 Å². The minimum atomic E-state index is -5.58. The Morgan fingerprint density at radius 1 is 1.50 bits per heavy atom. The van der Waals surface area contributed by atoms with Crippen molar-refractivity contribution >= 4 is 30.0 Å². The lowest BCUT2D eigenvalue weighted by Gasteiger charge is -2.27. The summed E-state index contributed by atoms with van der Waals surface area (Å²) < 4.78 is 63.0. The number of allylic oxidation sites excluding steroid dienone is 1. The van der Waals surface area contributed by atoms with Gasteiger partial charge in [0, 0.05) is 5.50 Å². The molecule has 2 atom stereocenters. The van der Waals surface area contributed by atoms with Crippen molar-refractivity contribution in [3.05, 3.63) is 12.7 Å². The maximum absolute atomic E-state index is 12.2. The van der Waals surface area contributed by atoms with Crippen molar-refractivity contribution in [1.29, 1.82) is 0 Å². The van der Waals surface area contributed by atoms with Crippen LogP contribution in [0.5, 0.6) is 0 Å². The Labute approximate surface area is 111 Å². The molecule has 0 spiro atoms. The molecule has 0 N–H and O–H groups in total. The van der Waals surface area contributed by atoms with E-state index in [0.717, 1.165) is 0 Å². The van der Waals surface area contributed by atoms with Crippen LogP contribution in [-0.4, -0.2) is 27.7 Å². The molecule has 0 bridgehead atoms. The first-order valence-corrected chi connectivity index (χ1v) is 9.93. The molecule has 0 heterocycles. The summed E-state index contributed by atoms with van der Waals surface area (Å²) in [4.78, 5) is 0. The number of halogens is 4. The Morgan fingerprint density at radius 3 is 2.33 bits per heavy atom. The van der Waals surface area contributed by atoms with Gasteiger partial charge in [-0.1, -0.05) is 13.0 Å². The van der Waals surface area contributed by atoms with Crippen LogP contribution in [0.15, 0.2) is 12.7 Å². The maximum Gasteiger partial charge on any atom is 0.522 e. The predicted octanol–water partition coefficient (Wildman–Crippen LogP) is 3.42. The average molecular weight is 325 g/mol. The van der Waals surface area contributed by atoms with Crippen LogP contribution in [0.3, 0.4) is 0 Å². The van der Waals surface area contributed by atoms with Crippen molar-refractivity contribution in [2.75, 3.05) is 5.50 Å². The summed E-state index contributed by atoms with van der Waals surface area (Å²) in [5.74, 6) is -0.0265. The molecule has 0 aromatic carbocycles. The van der Waals surface area contributed by atoms with Crippen molar-refractivity contribution in [3.63, 3.8) is 0 Å². The number of rotatable bonds is 7. The molecule has 0 saturated carbocycles. The summed E-state index contributed by atoms with van der Waals surface area (Å²) in [6.07, 6.45) is 2.18. The van der Waals surface area contributed by atoms with Crippen molar-refractivity contribution in [2.24, 2.45) is 5.92 Å². The van der Waals surface area contributed by atoms with Crippen molar-refractivity contribution in [2.45, 2.75) is 31.4 Å². The van der Waals surface area contributed by atoms with Gasteiger partial charge >= 0.3 is 15.6 Å².